The molecule has 1 saturated carbocycles. The van der Waals surface area contributed by atoms with E-state index in [1.807, 2.05) is 11.3 Å². The van der Waals surface area contributed by atoms with E-state index in [1.165, 1.54) is 22.7 Å². The average Bonchev–Trinajstić information content (AvgIpc) is 2.88. The Morgan fingerprint density at radius 2 is 2.31 bits per heavy atom. The summed E-state index contributed by atoms with van der Waals surface area (Å²) in [5.74, 6) is 0.804. The van der Waals surface area contributed by atoms with Gasteiger partial charge in [-0.2, -0.15) is 0 Å². The van der Waals surface area contributed by atoms with Crippen molar-refractivity contribution < 1.29 is 0 Å². The van der Waals surface area contributed by atoms with Gasteiger partial charge in [-0.15, -0.1) is 11.3 Å². The lowest BCUT2D eigenvalue weighted by Gasteiger charge is -1.90. The van der Waals surface area contributed by atoms with Gasteiger partial charge in [-0.1, -0.05) is 0 Å². The Hall–Kier alpha value is 0.0700. The maximum Gasteiger partial charge on any atom is 0.120 e. The van der Waals surface area contributed by atoms with E-state index in [0.29, 0.717) is 0 Å². The van der Waals surface area contributed by atoms with E-state index in [0.717, 1.165) is 29.9 Å². The van der Waals surface area contributed by atoms with Crippen LogP contribution in [-0.4, -0.2) is 11.5 Å². The highest BCUT2D eigenvalue weighted by molar-refractivity contribution is 9.10. The Balaban J connectivity index is 2.05. The second-order valence-corrected chi connectivity index (χ2v) is 5.30. The first-order valence-corrected chi connectivity index (χ1v) is 6.27. The van der Waals surface area contributed by atoms with Crippen molar-refractivity contribution in [2.45, 2.75) is 31.6 Å². The molecule has 0 unspecified atom stereocenters. The average molecular weight is 261 g/mol. The summed E-state index contributed by atoms with van der Waals surface area (Å²) in [5, 5.41) is 1.24. The van der Waals surface area contributed by atoms with E-state index in [4.69, 9.17) is 5.73 Å². The monoisotopic (exact) mass is 260 g/mol. The Morgan fingerprint density at radius 1 is 1.54 bits per heavy atom. The van der Waals surface area contributed by atoms with Gasteiger partial charge in [-0.25, -0.2) is 4.98 Å². The summed E-state index contributed by atoms with van der Waals surface area (Å²) in [5.41, 5.74) is 5.46. The first-order chi connectivity index (χ1) is 6.31. The van der Waals surface area contributed by atoms with Crippen LogP contribution >= 0.6 is 27.3 Å². The zero-order chi connectivity index (χ0) is 9.26. The Kier molecular flexibility index (Phi) is 3.01. The van der Waals surface area contributed by atoms with Gasteiger partial charge >= 0.3 is 0 Å². The highest BCUT2D eigenvalue weighted by atomic mass is 79.9. The van der Waals surface area contributed by atoms with Crippen LogP contribution in [-0.2, 0) is 6.42 Å². The van der Waals surface area contributed by atoms with E-state index in [2.05, 4.69) is 20.9 Å². The summed E-state index contributed by atoms with van der Waals surface area (Å²) in [4.78, 5) is 5.94. The molecular formula is C9H13BrN2S. The molecule has 0 aromatic carbocycles. The minimum absolute atomic E-state index is 0.760. The number of aromatic nitrogens is 1. The smallest absolute Gasteiger partial charge is 0.120 e. The van der Waals surface area contributed by atoms with Crippen molar-refractivity contribution in [2.24, 2.45) is 5.73 Å². The molecule has 1 aromatic heterocycles. The van der Waals surface area contributed by atoms with Crippen LogP contribution in [0.3, 0.4) is 0 Å². The minimum atomic E-state index is 0.760. The number of hydrogen-bond donors (Lipinski definition) is 1. The molecule has 0 aliphatic heterocycles. The number of nitrogens with two attached hydrogens (primary N) is 1. The molecule has 0 bridgehead atoms. The fourth-order valence-electron chi connectivity index (χ4n) is 1.31. The molecule has 0 saturated heterocycles. The molecule has 0 amide bonds. The minimum Gasteiger partial charge on any atom is -0.330 e. The highest BCUT2D eigenvalue weighted by Crippen LogP contribution is 2.46. The molecule has 4 heteroatoms. The molecule has 1 heterocycles. The van der Waals surface area contributed by atoms with E-state index >= 15 is 0 Å². The fraction of sp³-hybridized carbons (Fsp3) is 0.667. The van der Waals surface area contributed by atoms with Crippen LogP contribution in [0.1, 0.15) is 35.1 Å². The lowest BCUT2D eigenvalue weighted by atomic mass is 10.3. The largest absolute Gasteiger partial charge is 0.330 e. The van der Waals surface area contributed by atoms with Gasteiger partial charge in [0.05, 0.1) is 5.01 Å². The molecule has 2 rings (SSSR count). The molecule has 1 fully saturated rings. The first-order valence-electron chi connectivity index (χ1n) is 4.66. The number of rotatable bonds is 4. The number of hydrogen-bond acceptors (Lipinski definition) is 3. The van der Waals surface area contributed by atoms with Crippen molar-refractivity contribution >= 4 is 27.3 Å². The van der Waals surface area contributed by atoms with Crippen molar-refractivity contribution in [2.75, 3.05) is 6.54 Å². The standard InChI is InChI=1S/C9H13BrN2S/c10-9-8(6-3-4-6)13-7(12-9)2-1-5-11/h6H,1-5,11H2. The molecule has 0 spiro atoms. The van der Waals surface area contributed by atoms with Crippen LogP contribution < -0.4 is 5.73 Å². The third kappa shape index (κ3) is 2.30. The van der Waals surface area contributed by atoms with Crippen LogP contribution in [0.25, 0.3) is 0 Å². The number of halogens is 1. The first kappa shape index (κ1) is 9.62. The van der Waals surface area contributed by atoms with Crippen molar-refractivity contribution in [3.63, 3.8) is 0 Å². The molecular weight excluding hydrogens is 248 g/mol. The van der Waals surface area contributed by atoms with Crippen LogP contribution in [0.2, 0.25) is 0 Å². The van der Waals surface area contributed by atoms with Gasteiger partial charge in [0.15, 0.2) is 0 Å². The number of aryl methyl sites for hydroxylation is 1. The molecule has 2 nitrogen and oxygen atoms in total. The number of thiazole rings is 1. The summed E-state index contributed by atoms with van der Waals surface area (Å²) in [6.45, 7) is 0.760. The predicted octanol–water partition coefficient (Wildman–Crippen LogP) is 2.67. The number of nitrogens with zero attached hydrogens (tertiary/aromatic N) is 1. The second-order valence-electron chi connectivity index (χ2n) is 3.43. The van der Waals surface area contributed by atoms with Crippen LogP contribution in [0.5, 0.6) is 0 Å². The second kappa shape index (κ2) is 4.07. The van der Waals surface area contributed by atoms with E-state index in [9.17, 15) is 0 Å². The third-order valence-electron chi connectivity index (χ3n) is 2.20. The van der Waals surface area contributed by atoms with Gasteiger partial charge in [-0.3, -0.25) is 0 Å². The summed E-state index contributed by atoms with van der Waals surface area (Å²) in [7, 11) is 0. The molecule has 2 N–H and O–H groups in total. The van der Waals surface area contributed by atoms with Gasteiger partial charge in [0.1, 0.15) is 4.60 Å². The summed E-state index contributed by atoms with van der Waals surface area (Å²) >= 11 is 5.37. The highest BCUT2D eigenvalue weighted by Gasteiger charge is 2.28. The molecule has 1 aliphatic rings. The van der Waals surface area contributed by atoms with Crippen molar-refractivity contribution in [1.82, 2.24) is 4.98 Å². The molecule has 1 aliphatic carbocycles. The third-order valence-corrected chi connectivity index (χ3v) is 4.34. The summed E-state index contributed by atoms with van der Waals surface area (Å²) in [6.07, 6.45) is 4.77. The van der Waals surface area contributed by atoms with Crippen molar-refractivity contribution in [1.29, 1.82) is 0 Å². The molecule has 72 valence electrons. The topological polar surface area (TPSA) is 38.9 Å². The van der Waals surface area contributed by atoms with Crippen LogP contribution in [0, 0.1) is 0 Å². The maximum absolute atomic E-state index is 5.46. The van der Waals surface area contributed by atoms with Crippen LogP contribution in [0.15, 0.2) is 4.60 Å². The van der Waals surface area contributed by atoms with Crippen molar-refractivity contribution in [3.8, 4) is 0 Å². The normalized spacial score (nSPS) is 16.5. The predicted molar refractivity (Wildman–Crippen MR) is 59.2 cm³/mol. The molecule has 0 atom stereocenters. The summed E-state index contributed by atoms with van der Waals surface area (Å²) < 4.78 is 1.08. The molecule has 13 heavy (non-hydrogen) atoms. The van der Waals surface area contributed by atoms with E-state index in [-0.39, 0.29) is 0 Å². The van der Waals surface area contributed by atoms with Gasteiger partial charge in [0.2, 0.25) is 0 Å². The maximum atomic E-state index is 5.46. The van der Waals surface area contributed by atoms with E-state index in [1.54, 1.807) is 0 Å². The summed E-state index contributed by atoms with van der Waals surface area (Å²) in [6, 6.07) is 0. The lowest BCUT2D eigenvalue weighted by Crippen LogP contribution is -1.99. The van der Waals surface area contributed by atoms with Gasteiger partial charge in [0.25, 0.3) is 0 Å². The Labute approximate surface area is 90.7 Å². The Morgan fingerprint density at radius 3 is 2.92 bits per heavy atom. The van der Waals surface area contributed by atoms with E-state index < -0.39 is 0 Å². The van der Waals surface area contributed by atoms with Gasteiger partial charge in [0, 0.05) is 11.3 Å². The quantitative estimate of drug-likeness (QED) is 0.905. The van der Waals surface area contributed by atoms with Crippen molar-refractivity contribution in [3.05, 3.63) is 14.5 Å². The SMILES string of the molecule is NCCCc1nc(Br)c(C2CC2)s1. The Bertz CT molecular complexity index is 294. The zero-order valence-corrected chi connectivity index (χ0v) is 9.83. The lowest BCUT2D eigenvalue weighted by molar-refractivity contribution is 0.824. The fourth-order valence-corrected chi connectivity index (χ4v) is 3.38. The zero-order valence-electron chi connectivity index (χ0n) is 7.42. The molecule has 0 radical (unpaired) electrons. The molecule has 1 aromatic rings. The van der Waals surface area contributed by atoms with Gasteiger partial charge < -0.3 is 5.73 Å². The van der Waals surface area contributed by atoms with Crippen LogP contribution in [0.4, 0.5) is 0 Å². The van der Waals surface area contributed by atoms with Gasteiger partial charge in [-0.05, 0) is 47.7 Å².